The molecule has 0 spiro atoms. The van der Waals surface area contributed by atoms with Crippen molar-refractivity contribution in [1.82, 2.24) is 9.55 Å². The fourth-order valence-electron chi connectivity index (χ4n) is 2.80. The summed E-state index contributed by atoms with van der Waals surface area (Å²) in [5.74, 6) is -0.370. The highest BCUT2D eigenvalue weighted by molar-refractivity contribution is 5.85. The number of esters is 1. The first kappa shape index (κ1) is 24.2. The van der Waals surface area contributed by atoms with Crippen LogP contribution in [0.25, 0.3) is 0 Å². The van der Waals surface area contributed by atoms with Crippen LogP contribution in [0.4, 0.5) is 13.2 Å². The molecule has 0 unspecified atom stereocenters. The van der Waals surface area contributed by atoms with Gasteiger partial charge in [-0.1, -0.05) is 13.8 Å². The Hall–Kier alpha value is -1.85. The van der Waals surface area contributed by atoms with Crippen molar-refractivity contribution >= 4 is 18.4 Å². The molecule has 0 radical (unpaired) electrons. The number of alkyl halides is 3. The number of ether oxygens (including phenoxy) is 2. The van der Waals surface area contributed by atoms with Crippen LogP contribution >= 0.6 is 12.4 Å². The second-order valence-electron chi connectivity index (χ2n) is 6.86. The Morgan fingerprint density at radius 3 is 2.61 bits per heavy atom. The molecular weight excluding hydrogens is 407 g/mol. The van der Waals surface area contributed by atoms with E-state index >= 15 is 0 Å². The molecule has 28 heavy (non-hydrogen) atoms. The molecule has 1 fully saturated rings. The largest absolute Gasteiger partial charge is 0.462 e. The molecule has 0 aliphatic carbocycles. The van der Waals surface area contributed by atoms with Gasteiger partial charge in [0.2, 0.25) is 0 Å². The van der Waals surface area contributed by atoms with Crippen LogP contribution in [-0.4, -0.2) is 34.3 Å². The Morgan fingerprint density at radius 2 is 2.04 bits per heavy atom. The average molecular weight is 430 g/mol. The Balaban J connectivity index is 0.00000392. The van der Waals surface area contributed by atoms with Gasteiger partial charge in [-0.15, -0.1) is 12.4 Å². The van der Waals surface area contributed by atoms with Crippen LogP contribution in [0.2, 0.25) is 0 Å². The summed E-state index contributed by atoms with van der Waals surface area (Å²) in [6.07, 6.45) is -4.99. The molecule has 8 nitrogen and oxygen atoms in total. The van der Waals surface area contributed by atoms with Gasteiger partial charge in [-0.2, -0.15) is 13.2 Å². The number of halogens is 4. The maximum absolute atomic E-state index is 12.9. The van der Waals surface area contributed by atoms with Crippen molar-refractivity contribution in [2.75, 3.05) is 6.61 Å². The molecule has 160 valence electrons. The minimum Gasteiger partial charge on any atom is -0.462 e. The van der Waals surface area contributed by atoms with Crippen molar-refractivity contribution in [3.63, 3.8) is 0 Å². The molecule has 2 heterocycles. The van der Waals surface area contributed by atoms with Gasteiger partial charge in [0.15, 0.2) is 0 Å². The number of nitrogens with two attached hydrogens (primary N) is 1. The zero-order valence-corrected chi connectivity index (χ0v) is 16.1. The van der Waals surface area contributed by atoms with Gasteiger partial charge in [-0.3, -0.25) is 19.1 Å². The van der Waals surface area contributed by atoms with Crippen molar-refractivity contribution in [3.8, 4) is 0 Å². The summed E-state index contributed by atoms with van der Waals surface area (Å²) in [7, 11) is 0. The van der Waals surface area contributed by atoms with Gasteiger partial charge in [0.25, 0.3) is 5.56 Å². The van der Waals surface area contributed by atoms with Crippen LogP contribution in [0.15, 0.2) is 15.8 Å². The molecule has 3 atom stereocenters. The van der Waals surface area contributed by atoms with Gasteiger partial charge in [-0.25, -0.2) is 4.79 Å². The fraction of sp³-hybridized carbons (Fsp3) is 0.688. The Kier molecular flexibility index (Phi) is 8.27. The molecule has 0 bridgehead atoms. The van der Waals surface area contributed by atoms with Crippen molar-refractivity contribution < 1.29 is 27.4 Å². The first-order valence-corrected chi connectivity index (χ1v) is 8.49. The molecule has 3 N–H and O–H groups in total. The second kappa shape index (κ2) is 9.57. The van der Waals surface area contributed by atoms with E-state index in [9.17, 15) is 27.6 Å². The van der Waals surface area contributed by atoms with E-state index in [0.29, 0.717) is 23.6 Å². The lowest BCUT2D eigenvalue weighted by Gasteiger charge is -2.18. The van der Waals surface area contributed by atoms with Crippen molar-refractivity contribution in [2.45, 2.75) is 57.7 Å². The van der Waals surface area contributed by atoms with Crippen LogP contribution < -0.4 is 17.0 Å². The number of aromatic nitrogens is 2. The smallest absolute Gasteiger partial charge is 0.423 e. The Bertz CT molecular complexity index is 793. The van der Waals surface area contributed by atoms with E-state index in [1.165, 1.54) is 0 Å². The molecule has 2 rings (SSSR count). The van der Waals surface area contributed by atoms with Crippen molar-refractivity contribution in [1.29, 1.82) is 0 Å². The number of hydrogen-bond acceptors (Lipinski definition) is 6. The molecule has 1 aromatic rings. The monoisotopic (exact) mass is 429 g/mol. The normalized spacial score (nSPS) is 20.7. The van der Waals surface area contributed by atoms with E-state index in [1.54, 1.807) is 4.98 Å². The van der Waals surface area contributed by atoms with Gasteiger partial charge in [0.05, 0.1) is 6.10 Å². The van der Waals surface area contributed by atoms with Gasteiger partial charge in [-0.05, 0) is 25.2 Å². The van der Waals surface area contributed by atoms with Gasteiger partial charge in [0.1, 0.15) is 24.4 Å². The molecule has 0 saturated carbocycles. The maximum atomic E-state index is 12.9. The summed E-state index contributed by atoms with van der Waals surface area (Å²) in [5.41, 5.74) is 1.71. The first-order valence-electron chi connectivity index (χ1n) is 8.49. The number of nitrogens with one attached hydrogen (secondary N) is 1. The molecule has 1 aliphatic rings. The highest BCUT2D eigenvalue weighted by Gasteiger charge is 2.36. The Labute approximate surface area is 164 Å². The third-order valence-corrected chi connectivity index (χ3v) is 4.11. The van der Waals surface area contributed by atoms with E-state index in [1.807, 2.05) is 13.8 Å². The summed E-state index contributed by atoms with van der Waals surface area (Å²) < 4.78 is 49.8. The van der Waals surface area contributed by atoms with E-state index in [0.717, 1.165) is 0 Å². The van der Waals surface area contributed by atoms with E-state index in [2.05, 4.69) is 0 Å². The number of hydrogen-bond donors (Lipinski definition) is 2. The highest BCUT2D eigenvalue weighted by atomic mass is 35.5. The van der Waals surface area contributed by atoms with E-state index in [-0.39, 0.29) is 31.4 Å². The fourth-order valence-corrected chi connectivity index (χ4v) is 2.80. The summed E-state index contributed by atoms with van der Waals surface area (Å²) >= 11 is 0. The van der Waals surface area contributed by atoms with Gasteiger partial charge >= 0.3 is 17.8 Å². The lowest BCUT2D eigenvalue weighted by Crippen LogP contribution is -2.37. The SMILES string of the molecule is CC(C)C[C@H](N)C(=O)OC[C@@H]1CC[C@H](n2cc(C(F)(F)F)c(=O)[nH]c2=O)O1.Cl. The number of nitrogens with zero attached hydrogens (tertiary/aromatic N) is 1. The summed E-state index contributed by atoms with van der Waals surface area (Å²) in [6.45, 7) is 3.70. The summed E-state index contributed by atoms with van der Waals surface area (Å²) in [5, 5.41) is 0. The predicted molar refractivity (Wildman–Crippen MR) is 95.1 cm³/mol. The minimum absolute atomic E-state index is 0. The Morgan fingerprint density at radius 1 is 1.39 bits per heavy atom. The number of H-pyrrole nitrogens is 1. The van der Waals surface area contributed by atoms with Crippen LogP contribution in [0, 0.1) is 5.92 Å². The van der Waals surface area contributed by atoms with Crippen LogP contribution in [0.5, 0.6) is 0 Å². The number of carbonyl (C=O) groups excluding carboxylic acids is 1. The van der Waals surface area contributed by atoms with E-state index in [4.69, 9.17) is 15.2 Å². The lowest BCUT2D eigenvalue weighted by molar-refractivity contribution is -0.150. The standard InChI is InChI=1S/C16H22F3N3O5.ClH/c1-8(2)5-11(20)14(24)26-7-9-3-4-12(27-9)22-6-10(16(17,18)19)13(23)21-15(22)25;/h6,8-9,11-12H,3-5,7,20H2,1-2H3,(H,21,23,25);1H/t9-,11-,12+;/m0./s1. The first-order chi connectivity index (χ1) is 12.5. The zero-order valence-electron chi connectivity index (χ0n) is 15.3. The van der Waals surface area contributed by atoms with Crippen molar-refractivity contribution in [2.24, 2.45) is 11.7 Å². The van der Waals surface area contributed by atoms with Crippen LogP contribution in [0.1, 0.15) is 44.9 Å². The zero-order chi connectivity index (χ0) is 20.4. The van der Waals surface area contributed by atoms with Gasteiger partial charge in [0, 0.05) is 6.20 Å². The predicted octanol–water partition coefficient (Wildman–Crippen LogP) is 1.57. The molecular formula is C16H23ClF3N3O5. The molecule has 1 aliphatic heterocycles. The third kappa shape index (κ3) is 6.08. The van der Waals surface area contributed by atoms with Gasteiger partial charge < -0.3 is 15.2 Å². The quantitative estimate of drug-likeness (QED) is 0.663. The molecule has 0 amide bonds. The molecule has 1 aromatic heterocycles. The highest BCUT2D eigenvalue weighted by Crippen LogP contribution is 2.30. The minimum atomic E-state index is -4.90. The lowest BCUT2D eigenvalue weighted by atomic mass is 10.1. The second-order valence-corrected chi connectivity index (χ2v) is 6.86. The maximum Gasteiger partial charge on any atom is 0.423 e. The topological polar surface area (TPSA) is 116 Å². The average Bonchev–Trinajstić information content (AvgIpc) is 2.99. The molecule has 12 heteroatoms. The van der Waals surface area contributed by atoms with Crippen LogP contribution in [-0.2, 0) is 20.4 Å². The van der Waals surface area contributed by atoms with Crippen LogP contribution in [0.3, 0.4) is 0 Å². The molecule has 1 saturated heterocycles. The summed E-state index contributed by atoms with van der Waals surface area (Å²) in [4.78, 5) is 36.6. The number of aromatic amines is 1. The van der Waals surface area contributed by atoms with E-state index < -0.39 is 47.3 Å². The third-order valence-electron chi connectivity index (χ3n) is 4.11. The number of rotatable bonds is 6. The number of carbonyl (C=O) groups is 1. The molecule has 0 aromatic carbocycles. The summed E-state index contributed by atoms with van der Waals surface area (Å²) in [6, 6.07) is -0.765. The van der Waals surface area contributed by atoms with Crippen molar-refractivity contribution in [3.05, 3.63) is 32.6 Å².